The van der Waals surface area contributed by atoms with Crippen molar-refractivity contribution in [2.75, 3.05) is 16.7 Å². The Hall–Kier alpha value is -3.56. The fourth-order valence-electron chi connectivity index (χ4n) is 3.26. The second-order valence-electron chi connectivity index (χ2n) is 7.09. The molecule has 0 aliphatic carbocycles. The van der Waals surface area contributed by atoms with E-state index in [1.54, 1.807) is 35.7 Å². The summed E-state index contributed by atoms with van der Waals surface area (Å²) in [7, 11) is -2.89. The molecule has 0 atom stereocenters. The molecule has 5 nitrogen and oxygen atoms in total. The second-order valence-corrected chi connectivity index (χ2v) is 9.87. The van der Waals surface area contributed by atoms with Crippen LogP contribution in [0, 0.1) is 11.6 Å². The van der Waals surface area contributed by atoms with Crippen LogP contribution in [0.25, 0.3) is 11.1 Å². The number of carbonyl (C=O) groups excluding carboxylic acids is 1. The zero-order valence-corrected chi connectivity index (χ0v) is 19.0. The van der Waals surface area contributed by atoms with Crippen LogP contribution in [0.5, 0.6) is 0 Å². The molecule has 4 rings (SSSR count). The van der Waals surface area contributed by atoms with Crippen LogP contribution >= 0.6 is 11.3 Å². The summed E-state index contributed by atoms with van der Waals surface area (Å²) in [5.74, 6) is -1.72. The number of hydrogen-bond donors (Lipinski definition) is 1. The molecule has 0 aliphatic rings. The van der Waals surface area contributed by atoms with E-state index in [4.69, 9.17) is 0 Å². The van der Waals surface area contributed by atoms with E-state index in [0.29, 0.717) is 11.1 Å². The van der Waals surface area contributed by atoms with Gasteiger partial charge in [-0.25, -0.2) is 17.2 Å². The van der Waals surface area contributed by atoms with E-state index in [1.165, 1.54) is 37.4 Å². The highest BCUT2D eigenvalue weighted by Crippen LogP contribution is 2.38. The van der Waals surface area contributed by atoms with Gasteiger partial charge in [-0.15, -0.1) is 11.3 Å². The molecule has 4 aromatic rings. The van der Waals surface area contributed by atoms with Crippen molar-refractivity contribution in [3.63, 3.8) is 0 Å². The summed E-state index contributed by atoms with van der Waals surface area (Å²) in [5, 5.41) is 4.16. The van der Waals surface area contributed by atoms with Crippen molar-refractivity contribution in [3.8, 4) is 11.1 Å². The molecular weight excluding hydrogens is 466 g/mol. The summed E-state index contributed by atoms with van der Waals surface area (Å²) in [6.07, 6.45) is 0. The Kier molecular flexibility index (Phi) is 6.26. The number of anilines is 2. The van der Waals surface area contributed by atoms with Gasteiger partial charge in [-0.2, -0.15) is 0 Å². The van der Waals surface area contributed by atoms with Gasteiger partial charge in [0, 0.05) is 23.7 Å². The first-order chi connectivity index (χ1) is 15.8. The van der Waals surface area contributed by atoms with Gasteiger partial charge >= 0.3 is 0 Å². The van der Waals surface area contributed by atoms with Gasteiger partial charge in [0.2, 0.25) is 0 Å². The number of halogens is 2. The van der Waals surface area contributed by atoms with Crippen LogP contribution in [0.2, 0.25) is 0 Å². The van der Waals surface area contributed by atoms with E-state index < -0.39 is 27.6 Å². The van der Waals surface area contributed by atoms with Gasteiger partial charge in [0.05, 0.1) is 5.69 Å². The fourth-order valence-corrected chi connectivity index (χ4v) is 6.11. The molecule has 0 aliphatic heterocycles. The Morgan fingerprint density at radius 3 is 2.27 bits per heavy atom. The Morgan fingerprint density at radius 1 is 0.909 bits per heavy atom. The van der Waals surface area contributed by atoms with Crippen molar-refractivity contribution < 1.29 is 22.0 Å². The average Bonchev–Trinajstić information content (AvgIpc) is 3.26. The third kappa shape index (κ3) is 4.64. The number of benzene rings is 3. The topological polar surface area (TPSA) is 66.5 Å². The number of sulfonamides is 1. The Morgan fingerprint density at radius 2 is 1.61 bits per heavy atom. The quantitative estimate of drug-likeness (QED) is 0.378. The number of nitrogens with one attached hydrogen (secondary N) is 1. The molecule has 1 heterocycles. The Balaban J connectivity index is 1.83. The molecule has 0 saturated heterocycles. The minimum atomic E-state index is -4.23. The van der Waals surface area contributed by atoms with Gasteiger partial charge in [0.15, 0.2) is 0 Å². The van der Waals surface area contributed by atoms with Crippen LogP contribution in [-0.4, -0.2) is 21.4 Å². The standard InChI is InChI=1S/C24H18F2N2O3S2/c1-28(20-12-10-17(25)11-13-20)33(30,31)23-21(16-6-3-2-4-7-16)15-32-22(23)24(29)27-19-9-5-8-18(26)14-19/h2-15H,1H3,(H,27,29). The van der Waals surface area contributed by atoms with Gasteiger partial charge in [-0.3, -0.25) is 9.10 Å². The van der Waals surface area contributed by atoms with Crippen molar-refractivity contribution in [1.29, 1.82) is 0 Å². The van der Waals surface area contributed by atoms with Gasteiger partial charge in [-0.05, 0) is 48.0 Å². The summed E-state index contributed by atoms with van der Waals surface area (Å²) in [6.45, 7) is 0. The maximum Gasteiger partial charge on any atom is 0.267 e. The highest BCUT2D eigenvalue weighted by molar-refractivity contribution is 7.93. The lowest BCUT2D eigenvalue weighted by Crippen LogP contribution is -2.28. The molecule has 0 radical (unpaired) electrons. The van der Waals surface area contributed by atoms with Crippen LogP contribution in [0.3, 0.4) is 0 Å². The first-order valence-electron chi connectivity index (χ1n) is 9.75. The van der Waals surface area contributed by atoms with Crippen LogP contribution in [-0.2, 0) is 10.0 Å². The second kappa shape index (κ2) is 9.13. The average molecular weight is 485 g/mol. The highest BCUT2D eigenvalue weighted by atomic mass is 32.2. The van der Waals surface area contributed by atoms with E-state index in [-0.39, 0.29) is 21.1 Å². The largest absolute Gasteiger partial charge is 0.321 e. The molecule has 0 bridgehead atoms. The molecule has 1 N–H and O–H groups in total. The van der Waals surface area contributed by atoms with Crippen LogP contribution in [0.1, 0.15) is 9.67 Å². The lowest BCUT2D eigenvalue weighted by molar-refractivity contribution is 0.102. The lowest BCUT2D eigenvalue weighted by Gasteiger charge is -2.21. The molecule has 33 heavy (non-hydrogen) atoms. The van der Waals surface area contributed by atoms with Crippen molar-refractivity contribution in [1.82, 2.24) is 0 Å². The van der Waals surface area contributed by atoms with Crippen LogP contribution in [0.4, 0.5) is 20.2 Å². The summed E-state index contributed by atoms with van der Waals surface area (Å²) in [4.78, 5) is 12.9. The number of thiophene rings is 1. The number of carbonyl (C=O) groups is 1. The molecule has 0 saturated carbocycles. The molecule has 168 valence electrons. The molecule has 0 spiro atoms. The molecule has 1 amide bonds. The minimum absolute atomic E-state index is 0.0490. The number of rotatable bonds is 6. The molecular formula is C24H18F2N2O3S2. The summed E-state index contributed by atoms with van der Waals surface area (Å²) < 4.78 is 55.3. The van der Waals surface area contributed by atoms with Crippen LogP contribution in [0.15, 0.2) is 89.1 Å². The molecule has 1 aromatic heterocycles. The summed E-state index contributed by atoms with van der Waals surface area (Å²) in [6, 6.07) is 19.1. The first-order valence-corrected chi connectivity index (χ1v) is 12.1. The van der Waals surface area contributed by atoms with Crippen molar-refractivity contribution in [3.05, 3.63) is 101 Å². The van der Waals surface area contributed by atoms with Crippen LogP contribution < -0.4 is 9.62 Å². The molecule has 3 aromatic carbocycles. The Bertz CT molecular complexity index is 1400. The Labute approximate surface area is 194 Å². The van der Waals surface area contributed by atoms with Crippen molar-refractivity contribution in [2.24, 2.45) is 0 Å². The third-order valence-electron chi connectivity index (χ3n) is 4.93. The number of amides is 1. The zero-order chi connectivity index (χ0) is 23.6. The van der Waals surface area contributed by atoms with E-state index in [9.17, 15) is 22.0 Å². The minimum Gasteiger partial charge on any atom is -0.321 e. The van der Waals surface area contributed by atoms with Gasteiger partial charge < -0.3 is 5.32 Å². The zero-order valence-electron chi connectivity index (χ0n) is 17.3. The lowest BCUT2D eigenvalue weighted by atomic mass is 10.1. The van der Waals surface area contributed by atoms with Gasteiger partial charge in [0.25, 0.3) is 15.9 Å². The van der Waals surface area contributed by atoms with Crippen molar-refractivity contribution in [2.45, 2.75) is 4.90 Å². The van der Waals surface area contributed by atoms with Gasteiger partial charge in [0.1, 0.15) is 21.4 Å². The molecule has 9 heteroatoms. The van der Waals surface area contributed by atoms with Crippen molar-refractivity contribution >= 4 is 38.6 Å². The normalized spacial score (nSPS) is 11.2. The van der Waals surface area contributed by atoms with E-state index >= 15 is 0 Å². The molecule has 0 unspecified atom stereocenters. The van der Waals surface area contributed by atoms with E-state index in [2.05, 4.69) is 5.32 Å². The maximum atomic E-state index is 13.7. The SMILES string of the molecule is CN(c1ccc(F)cc1)S(=O)(=O)c1c(-c2ccccc2)csc1C(=O)Nc1cccc(F)c1. The first kappa shape index (κ1) is 22.6. The van der Waals surface area contributed by atoms with Gasteiger partial charge in [-0.1, -0.05) is 36.4 Å². The van der Waals surface area contributed by atoms with E-state index in [0.717, 1.165) is 33.8 Å². The highest BCUT2D eigenvalue weighted by Gasteiger charge is 2.32. The predicted molar refractivity (Wildman–Crippen MR) is 126 cm³/mol. The fraction of sp³-hybridized carbons (Fsp3) is 0.0417. The number of hydrogen-bond acceptors (Lipinski definition) is 4. The third-order valence-corrected chi connectivity index (χ3v) is 7.91. The maximum absolute atomic E-state index is 13.7. The number of nitrogens with zero attached hydrogens (tertiary/aromatic N) is 1. The summed E-state index contributed by atoms with van der Waals surface area (Å²) >= 11 is 0.973. The predicted octanol–water partition coefficient (Wildman–Crippen LogP) is 5.77. The monoisotopic (exact) mass is 484 g/mol. The molecule has 0 fully saturated rings. The van der Waals surface area contributed by atoms with E-state index in [1.807, 2.05) is 0 Å². The smallest absolute Gasteiger partial charge is 0.267 e. The summed E-state index contributed by atoms with van der Waals surface area (Å²) in [5.41, 5.74) is 1.41.